The standard InChI is InChI=1S/C4H5BrO4/c5-1-2-9-4(8)3(6)7/h1-2H2,(H,6,7). The van der Waals surface area contributed by atoms with Gasteiger partial charge in [-0.25, -0.2) is 9.59 Å². The highest BCUT2D eigenvalue weighted by molar-refractivity contribution is 9.09. The summed E-state index contributed by atoms with van der Waals surface area (Å²) in [5, 5.41) is 8.37. The van der Waals surface area contributed by atoms with Crippen molar-refractivity contribution in [1.82, 2.24) is 0 Å². The molecule has 0 rings (SSSR count). The van der Waals surface area contributed by atoms with E-state index in [0.29, 0.717) is 5.33 Å². The van der Waals surface area contributed by atoms with Crippen LogP contribution in [-0.2, 0) is 14.3 Å². The van der Waals surface area contributed by atoms with E-state index in [4.69, 9.17) is 5.11 Å². The number of rotatable bonds is 2. The summed E-state index contributed by atoms with van der Waals surface area (Å²) in [4.78, 5) is 19.8. The van der Waals surface area contributed by atoms with Crippen LogP contribution in [0.3, 0.4) is 0 Å². The SMILES string of the molecule is O=C(O)C(=O)OCCBr. The maximum absolute atomic E-state index is 10.1. The Morgan fingerprint density at radius 3 is 2.44 bits per heavy atom. The first-order valence-corrected chi connectivity index (χ1v) is 3.26. The number of carboxylic acid groups (broad SMARTS) is 1. The van der Waals surface area contributed by atoms with Gasteiger partial charge in [-0.2, -0.15) is 0 Å². The van der Waals surface area contributed by atoms with Crippen molar-refractivity contribution in [2.45, 2.75) is 0 Å². The molecule has 0 aromatic rings. The van der Waals surface area contributed by atoms with Crippen molar-refractivity contribution in [3.05, 3.63) is 0 Å². The predicted octanol–water partition coefficient (Wildman–Crippen LogP) is 0.00910. The number of alkyl halides is 1. The fourth-order valence-electron chi connectivity index (χ4n) is 0.193. The molecule has 0 aromatic carbocycles. The van der Waals surface area contributed by atoms with E-state index in [1.165, 1.54) is 0 Å². The van der Waals surface area contributed by atoms with Crippen molar-refractivity contribution in [3.8, 4) is 0 Å². The number of ether oxygens (including phenoxy) is 1. The molecule has 0 saturated carbocycles. The maximum Gasteiger partial charge on any atom is 0.417 e. The molecule has 0 radical (unpaired) electrons. The normalized spacial score (nSPS) is 8.56. The first-order chi connectivity index (χ1) is 4.18. The highest BCUT2D eigenvalue weighted by atomic mass is 79.9. The average molecular weight is 197 g/mol. The van der Waals surface area contributed by atoms with E-state index in [2.05, 4.69) is 20.7 Å². The van der Waals surface area contributed by atoms with Crippen LogP contribution in [0.5, 0.6) is 0 Å². The van der Waals surface area contributed by atoms with E-state index < -0.39 is 11.9 Å². The van der Waals surface area contributed by atoms with Gasteiger partial charge in [-0.15, -0.1) is 0 Å². The Kier molecular flexibility index (Phi) is 4.04. The van der Waals surface area contributed by atoms with E-state index in [-0.39, 0.29) is 6.61 Å². The topological polar surface area (TPSA) is 63.6 Å². The molecule has 0 spiro atoms. The Morgan fingerprint density at radius 1 is 1.56 bits per heavy atom. The fourth-order valence-corrected chi connectivity index (χ4v) is 0.355. The lowest BCUT2D eigenvalue weighted by atomic mass is 10.7. The third-order valence-electron chi connectivity index (χ3n) is 0.485. The van der Waals surface area contributed by atoms with Gasteiger partial charge in [0.1, 0.15) is 6.61 Å². The van der Waals surface area contributed by atoms with Crippen LogP contribution < -0.4 is 0 Å². The highest BCUT2D eigenvalue weighted by Gasteiger charge is 2.10. The highest BCUT2D eigenvalue weighted by Crippen LogP contribution is 1.82. The molecule has 0 atom stereocenters. The summed E-state index contributed by atoms with van der Waals surface area (Å²) in [5.41, 5.74) is 0. The molecule has 0 heterocycles. The van der Waals surface area contributed by atoms with Crippen LogP contribution in [0.25, 0.3) is 0 Å². The van der Waals surface area contributed by atoms with Gasteiger partial charge in [-0.05, 0) is 0 Å². The molecule has 0 fully saturated rings. The van der Waals surface area contributed by atoms with Crippen molar-refractivity contribution in [2.24, 2.45) is 0 Å². The predicted molar refractivity (Wildman–Crippen MR) is 32.4 cm³/mol. The van der Waals surface area contributed by atoms with E-state index >= 15 is 0 Å². The zero-order valence-electron chi connectivity index (χ0n) is 4.46. The molecular formula is C4H5BrO4. The summed E-state index contributed by atoms with van der Waals surface area (Å²) in [7, 11) is 0. The summed E-state index contributed by atoms with van der Waals surface area (Å²) in [6, 6.07) is 0. The minimum Gasteiger partial charge on any atom is -0.473 e. The average Bonchev–Trinajstić information content (AvgIpc) is 1.82. The molecule has 0 aliphatic rings. The molecule has 0 aliphatic carbocycles. The first kappa shape index (κ1) is 8.42. The Morgan fingerprint density at radius 2 is 2.11 bits per heavy atom. The van der Waals surface area contributed by atoms with Gasteiger partial charge in [0.25, 0.3) is 0 Å². The minimum atomic E-state index is -1.56. The van der Waals surface area contributed by atoms with Crippen LogP contribution >= 0.6 is 15.9 Å². The third-order valence-corrected chi connectivity index (χ3v) is 0.809. The maximum atomic E-state index is 10.1. The van der Waals surface area contributed by atoms with Crippen molar-refractivity contribution in [1.29, 1.82) is 0 Å². The van der Waals surface area contributed by atoms with Gasteiger partial charge in [-0.3, -0.25) is 0 Å². The molecule has 5 heteroatoms. The second kappa shape index (κ2) is 4.31. The summed E-state index contributed by atoms with van der Waals surface area (Å²) in [6.07, 6.45) is 0. The Labute approximate surface area is 59.9 Å². The van der Waals surface area contributed by atoms with Crippen molar-refractivity contribution >= 4 is 27.9 Å². The van der Waals surface area contributed by atoms with Crippen LogP contribution in [0.4, 0.5) is 0 Å². The number of carboxylic acids is 1. The minimum absolute atomic E-state index is 0.0884. The molecule has 0 saturated heterocycles. The molecule has 9 heavy (non-hydrogen) atoms. The Hall–Kier alpha value is -0.580. The number of hydrogen-bond donors (Lipinski definition) is 1. The van der Waals surface area contributed by atoms with Gasteiger partial charge < -0.3 is 9.84 Å². The second-order valence-corrected chi connectivity index (χ2v) is 1.92. The number of carbonyl (C=O) groups excluding carboxylic acids is 1. The molecule has 0 aromatic heterocycles. The summed E-state index contributed by atoms with van der Waals surface area (Å²) in [5.74, 6) is -2.77. The number of aliphatic carboxylic acids is 1. The summed E-state index contributed by atoms with van der Waals surface area (Å²) >= 11 is 2.96. The van der Waals surface area contributed by atoms with E-state index in [0.717, 1.165) is 0 Å². The zero-order chi connectivity index (χ0) is 7.28. The smallest absolute Gasteiger partial charge is 0.417 e. The Bertz CT molecular complexity index is 122. The van der Waals surface area contributed by atoms with E-state index in [1.54, 1.807) is 0 Å². The van der Waals surface area contributed by atoms with Gasteiger partial charge in [-0.1, -0.05) is 15.9 Å². The van der Waals surface area contributed by atoms with Crippen molar-refractivity contribution in [3.63, 3.8) is 0 Å². The number of esters is 1. The quantitative estimate of drug-likeness (QED) is 0.384. The van der Waals surface area contributed by atoms with Gasteiger partial charge >= 0.3 is 11.9 Å². The second-order valence-electron chi connectivity index (χ2n) is 1.13. The third kappa shape index (κ3) is 3.96. The molecule has 0 aliphatic heterocycles. The molecular weight excluding hydrogens is 192 g/mol. The fraction of sp³-hybridized carbons (Fsp3) is 0.500. The molecule has 0 amide bonds. The number of carbonyl (C=O) groups is 2. The molecule has 4 nitrogen and oxygen atoms in total. The van der Waals surface area contributed by atoms with Gasteiger partial charge in [0.15, 0.2) is 0 Å². The Balaban J connectivity index is 3.39. The molecule has 1 N–H and O–H groups in total. The lowest BCUT2D eigenvalue weighted by Gasteiger charge is -1.94. The van der Waals surface area contributed by atoms with Crippen LogP contribution in [0.15, 0.2) is 0 Å². The van der Waals surface area contributed by atoms with Crippen LogP contribution in [-0.4, -0.2) is 29.0 Å². The van der Waals surface area contributed by atoms with Gasteiger partial charge in [0, 0.05) is 5.33 Å². The molecule has 52 valence electrons. The zero-order valence-corrected chi connectivity index (χ0v) is 6.05. The lowest BCUT2D eigenvalue weighted by Crippen LogP contribution is -2.17. The van der Waals surface area contributed by atoms with Gasteiger partial charge in [0.05, 0.1) is 0 Å². The number of halogens is 1. The van der Waals surface area contributed by atoms with Crippen molar-refractivity contribution < 1.29 is 19.4 Å². The first-order valence-electron chi connectivity index (χ1n) is 2.14. The van der Waals surface area contributed by atoms with Gasteiger partial charge in [0.2, 0.25) is 0 Å². The van der Waals surface area contributed by atoms with E-state index in [1.807, 2.05) is 0 Å². The van der Waals surface area contributed by atoms with Crippen LogP contribution in [0.2, 0.25) is 0 Å². The summed E-state index contributed by atoms with van der Waals surface area (Å²) < 4.78 is 4.17. The molecule has 0 bridgehead atoms. The molecule has 0 unspecified atom stereocenters. The van der Waals surface area contributed by atoms with Crippen molar-refractivity contribution in [2.75, 3.05) is 11.9 Å². The largest absolute Gasteiger partial charge is 0.473 e. The van der Waals surface area contributed by atoms with Crippen LogP contribution in [0.1, 0.15) is 0 Å². The summed E-state index contributed by atoms with van der Waals surface area (Å²) in [6.45, 7) is 0.0884. The number of hydrogen-bond acceptors (Lipinski definition) is 3. The lowest BCUT2D eigenvalue weighted by molar-refractivity contribution is -0.163. The monoisotopic (exact) mass is 196 g/mol. The van der Waals surface area contributed by atoms with Crippen LogP contribution in [0, 0.1) is 0 Å². The van der Waals surface area contributed by atoms with E-state index in [9.17, 15) is 9.59 Å².